The van der Waals surface area contributed by atoms with Crippen LogP contribution in [0.5, 0.6) is 0 Å². The Bertz CT molecular complexity index is 921. The van der Waals surface area contributed by atoms with Gasteiger partial charge in [-0.3, -0.25) is 9.12 Å². The molecule has 0 fully saturated rings. The number of imidazole rings is 1. The van der Waals surface area contributed by atoms with Gasteiger partial charge < -0.3 is 0 Å². The van der Waals surface area contributed by atoms with Crippen molar-refractivity contribution in [1.82, 2.24) is 14.4 Å². The van der Waals surface area contributed by atoms with E-state index in [4.69, 9.17) is 11.6 Å². The predicted octanol–water partition coefficient (Wildman–Crippen LogP) is 2.49. The summed E-state index contributed by atoms with van der Waals surface area (Å²) in [4.78, 5) is 8.01. The Morgan fingerprint density at radius 2 is 2.10 bits per heavy atom. The van der Waals surface area contributed by atoms with Crippen LogP contribution in [0.15, 0.2) is 47.8 Å². The number of nitrogens with one attached hydrogen (secondary N) is 1. The number of rotatable bonds is 3. The third-order valence-corrected chi connectivity index (χ3v) is 4.61. The second-order valence-corrected chi connectivity index (χ2v) is 6.42. The summed E-state index contributed by atoms with van der Waals surface area (Å²) in [5, 5.41) is -0.190. The number of aromatic nitrogens is 3. The maximum atomic E-state index is 12.5. The quantitative estimate of drug-likeness (QED) is 0.803. The molecule has 0 aromatic carbocycles. The smallest absolute Gasteiger partial charge is 0.282 e. The summed E-state index contributed by atoms with van der Waals surface area (Å²) in [7, 11) is -3.89. The minimum atomic E-state index is -3.89. The molecule has 0 amide bonds. The van der Waals surface area contributed by atoms with Crippen LogP contribution >= 0.6 is 11.6 Å². The highest BCUT2D eigenvalue weighted by atomic mass is 35.5. The summed E-state index contributed by atoms with van der Waals surface area (Å²) in [5.74, 6) is 0.233. The number of hydrogen-bond donors (Lipinski definition) is 1. The molecule has 0 atom stereocenters. The molecule has 3 rings (SSSR count). The van der Waals surface area contributed by atoms with Crippen molar-refractivity contribution in [2.75, 3.05) is 4.72 Å². The second-order valence-electron chi connectivity index (χ2n) is 4.46. The molecule has 0 saturated heterocycles. The largest absolute Gasteiger partial charge is 0.288 e. The Morgan fingerprint density at radius 3 is 2.86 bits per heavy atom. The van der Waals surface area contributed by atoms with Crippen LogP contribution in [-0.4, -0.2) is 22.8 Å². The summed E-state index contributed by atoms with van der Waals surface area (Å²) >= 11 is 5.98. The topological polar surface area (TPSA) is 76.4 Å². The van der Waals surface area contributed by atoms with Crippen LogP contribution in [0.3, 0.4) is 0 Å². The van der Waals surface area contributed by atoms with Crippen molar-refractivity contribution in [3.63, 3.8) is 0 Å². The van der Waals surface area contributed by atoms with E-state index >= 15 is 0 Å². The number of nitrogens with zero attached hydrogens (tertiary/aromatic N) is 3. The third-order valence-electron chi connectivity index (χ3n) is 2.86. The molecule has 3 aromatic heterocycles. The molecule has 0 bridgehead atoms. The molecule has 1 N–H and O–H groups in total. The Morgan fingerprint density at radius 1 is 1.29 bits per heavy atom. The molecule has 21 heavy (non-hydrogen) atoms. The van der Waals surface area contributed by atoms with Gasteiger partial charge in [-0.05, 0) is 36.8 Å². The van der Waals surface area contributed by atoms with Crippen molar-refractivity contribution < 1.29 is 8.42 Å². The van der Waals surface area contributed by atoms with Crippen LogP contribution in [0.1, 0.15) is 5.56 Å². The second kappa shape index (κ2) is 5.01. The zero-order chi connectivity index (χ0) is 15.0. The van der Waals surface area contributed by atoms with Gasteiger partial charge in [-0.2, -0.15) is 8.42 Å². The lowest BCUT2D eigenvalue weighted by molar-refractivity contribution is 0.596. The van der Waals surface area contributed by atoms with Crippen molar-refractivity contribution >= 4 is 33.1 Å². The predicted molar refractivity (Wildman–Crippen MR) is 80.0 cm³/mol. The van der Waals surface area contributed by atoms with Gasteiger partial charge in [0.15, 0.2) is 10.2 Å². The number of pyridine rings is 2. The van der Waals surface area contributed by atoms with Crippen LogP contribution in [0.4, 0.5) is 5.82 Å². The average molecular weight is 323 g/mol. The molecule has 108 valence electrons. The van der Waals surface area contributed by atoms with E-state index in [1.54, 1.807) is 36.5 Å². The van der Waals surface area contributed by atoms with Crippen molar-refractivity contribution in [2.24, 2.45) is 0 Å². The summed E-state index contributed by atoms with van der Waals surface area (Å²) in [6.07, 6.45) is 3.12. The Kier molecular flexibility index (Phi) is 3.30. The number of aryl methyl sites for hydroxylation is 1. The fraction of sp³-hybridized carbons (Fsp3) is 0.0769. The van der Waals surface area contributed by atoms with Gasteiger partial charge in [0.05, 0.1) is 0 Å². The molecule has 3 heterocycles. The highest BCUT2D eigenvalue weighted by Crippen LogP contribution is 2.24. The molecule has 0 aliphatic carbocycles. The first kappa shape index (κ1) is 13.8. The molecule has 0 unspecified atom stereocenters. The molecule has 6 nitrogen and oxygen atoms in total. The first-order chi connectivity index (χ1) is 9.97. The van der Waals surface area contributed by atoms with Gasteiger partial charge in [0.1, 0.15) is 11.5 Å². The van der Waals surface area contributed by atoms with Gasteiger partial charge in [-0.25, -0.2) is 9.97 Å². The van der Waals surface area contributed by atoms with E-state index in [9.17, 15) is 8.42 Å². The van der Waals surface area contributed by atoms with Gasteiger partial charge in [0, 0.05) is 12.4 Å². The fourth-order valence-electron chi connectivity index (χ4n) is 1.96. The lowest BCUT2D eigenvalue weighted by Gasteiger charge is -2.07. The molecule has 0 spiro atoms. The SMILES string of the molecule is Cc1ccnc(NS(=O)(=O)c2c(Cl)nc3ccccn23)c1. The van der Waals surface area contributed by atoms with E-state index in [0.717, 1.165) is 5.56 Å². The first-order valence-electron chi connectivity index (χ1n) is 6.05. The van der Waals surface area contributed by atoms with E-state index in [2.05, 4.69) is 14.7 Å². The summed E-state index contributed by atoms with van der Waals surface area (Å²) < 4.78 is 28.9. The average Bonchev–Trinajstić information content (AvgIpc) is 2.74. The van der Waals surface area contributed by atoms with E-state index in [0.29, 0.717) is 5.65 Å². The minimum absolute atomic E-state index is 0.0821. The molecular weight excluding hydrogens is 312 g/mol. The van der Waals surface area contributed by atoms with Gasteiger partial charge in [-0.1, -0.05) is 17.7 Å². The number of halogens is 1. The molecule has 0 aliphatic heterocycles. The van der Waals surface area contributed by atoms with Gasteiger partial charge >= 0.3 is 0 Å². The van der Waals surface area contributed by atoms with E-state index in [1.807, 2.05) is 6.92 Å². The number of hydrogen-bond acceptors (Lipinski definition) is 4. The lowest BCUT2D eigenvalue weighted by atomic mass is 10.3. The van der Waals surface area contributed by atoms with Crippen molar-refractivity contribution in [2.45, 2.75) is 11.9 Å². The van der Waals surface area contributed by atoms with Crippen LogP contribution < -0.4 is 4.72 Å². The Balaban J connectivity index is 2.10. The molecule has 3 aromatic rings. The number of sulfonamides is 1. The van der Waals surface area contributed by atoms with E-state index in [1.165, 1.54) is 10.6 Å². The van der Waals surface area contributed by atoms with Crippen LogP contribution in [-0.2, 0) is 10.0 Å². The normalized spacial score (nSPS) is 11.7. The summed E-state index contributed by atoms with van der Waals surface area (Å²) in [5.41, 5.74) is 1.35. The molecule has 0 saturated carbocycles. The maximum absolute atomic E-state index is 12.5. The van der Waals surface area contributed by atoms with E-state index < -0.39 is 10.0 Å². The summed E-state index contributed by atoms with van der Waals surface area (Å²) in [6, 6.07) is 8.54. The highest BCUT2D eigenvalue weighted by Gasteiger charge is 2.24. The van der Waals surface area contributed by atoms with Crippen molar-refractivity contribution in [1.29, 1.82) is 0 Å². The zero-order valence-corrected chi connectivity index (χ0v) is 12.6. The Hall–Kier alpha value is -2.12. The molecule has 8 heteroatoms. The number of fused-ring (bicyclic) bond motifs is 1. The van der Waals surface area contributed by atoms with Gasteiger partial charge in [0.2, 0.25) is 0 Å². The lowest BCUT2D eigenvalue weighted by Crippen LogP contribution is -2.16. The highest BCUT2D eigenvalue weighted by molar-refractivity contribution is 7.92. The third kappa shape index (κ3) is 2.57. The van der Waals surface area contributed by atoms with Crippen molar-refractivity contribution in [3.8, 4) is 0 Å². The van der Waals surface area contributed by atoms with Crippen molar-refractivity contribution in [3.05, 3.63) is 53.4 Å². The molecule has 0 aliphatic rings. The standard InChI is InChI=1S/C13H11ClN4O2S/c1-9-5-6-15-10(8-9)17-21(19,20)13-12(14)16-11-4-2-3-7-18(11)13/h2-8H,1H3,(H,15,17). The molecule has 0 radical (unpaired) electrons. The minimum Gasteiger partial charge on any atom is -0.288 e. The van der Waals surface area contributed by atoms with Crippen LogP contribution in [0, 0.1) is 6.92 Å². The molecular formula is C13H11ClN4O2S. The van der Waals surface area contributed by atoms with E-state index in [-0.39, 0.29) is 16.0 Å². The fourth-order valence-corrected chi connectivity index (χ4v) is 3.61. The summed E-state index contributed by atoms with van der Waals surface area (Å²) in [6.45, 7) is 1.85. The van der Waals surface area contributed by atoms with Crippen LogP contribution in [0.2, 0.25) is 5.15 Å². The maximum Gasteiger partial charge on any atom is 0.282 e. The first-order valence-corrected chi connectivity index (χ1v) is 7.91. The zero-order valence-electron chi connectivity index (χ0n) is 11.0. The monoisotopic (exact) mass is 322 g/mol. The Labute approximate surface area is 126 Å². The van der Waals surface area contributed by atoms with Gasteiger partial charge in [0.25, 0.3) is 10.0 Å². The van der Waals surface area contributed by atoms with Gasteiger partial charge in [-0.15, -0.1) is 0 Å². The number of anilines is 1. The van der Waals surface area contributed by atoms with Crippen LogP contribution in [0.25, 0.3) is 5.65 Å².